The highest BCUT2D eigenvalue weighted by molar-refractivity contribution is 5.53. The van der Waals surface area contributed by atoms with Crippen molar-refractivity contribution in [2.75, 3.05) is 50.0 Å². The molecule has 1 fully saturated rings. The minimum atomic E-state index is 0.236. The molecule has 5 nitrogen and oxygen atoms in total. The lowest BCUT2D eigenvalue weighted by atomic mass is 10.2. The summed E-state index contributed by atoms with van der Waals surface area (Å²) in [7, 11) is 0. The van der Waals surface area contributed by atoms with Gasteiger partial charge in [-0.15, -0.1) is 0 Å². The summed E-state index contributed by atoms with van der Waals surface area (Å²) in [5.74, 6) is 0. The number of piperazine rings is 1. The molecule has 1 saturated heterocycles. The van der Waals surface area contributed by atoms with Gasteiger partial charge in [0.1, 0.15) is 0 Å². The second-order valence-corrected chi connectivity index (χ2v) is 4.03. The van der Waals surface area contributed by atoms with Crippen molar-refractivity contribution in [1.29, 1.82) is 0 Å². The van der Waals surface area contributed by atoms with Crippen LogP contribution in [-0.4, -0.2) is 54.3 Å². The van der Waals surface area contributed by atoms with Gasteiger partial charge in [0.15, 0.2) is 0 Å². The van der Waals surface area contributed by atoms with E-state index in [2.05, 4.69) is 14.8 Å². The fourth-order valence-corrected chi connectivity index (χ4v) is 1.99. The number of aliphatic hydroxyl groups excluding tert-OH is 1. The topological polar surface area (TPSA) is 65.6 Å². The number of nitrogens with zero attached hydrogens (tertiary/aromatic N) is 3. The standard InChI is InChI=1S/C11H18N4O/c12-10-7-11(9-13-8-10)15-3-1-14(2-4-15)5-6-16/h7-9,16H,1-6,12H2. The van der Waals surface area contributed by atoms with Crippen LogP contribution in [0.4, 0.5) is 11.4 Å². The maximum absolute atomic E-state index is 8.86. The molecule has 0 spiro atoms. The van der Waals surface area contributed by atoms with Gasteiger partial charge < -0.3 is 15.7 Å². The summed E-state index contributed by atoms with van der Waals surface area (Å²) in [5, 5.41) is 8.86. The Hall–Kier alpha value is -1.33. The Morgan fingerprint density at radius 1 is 1.25 bits per heavy atom. The summed E-state index contributed by atoms with van der Waals surface area (Å²) in [4.78, 5) is 8.63. The first-order chi connectivity index (χ1) is 7.79. The Kier molecular flexibility index (Phi) is 3.58. The molecule has 0 saturated carbocycles. The number of hydrogen-bond donors (Lipinski definition) is 2. The highest BCUT2D eigenvalue weighted by atomic mass is 16.3. The Balaban J connectivity index is 1.94. The van der Waals surface area contributed by atoms with Gasteiger partial charge in [-0.1, -0.05) is 0 Å². The second kappa shape index (κ2) is 5.14. The fraction of sp³-hybridized carbons (Fsp3) is 0.545. The summed E-state index contributed by atoms with van der Waals surface area (Å²) in [6.45, 7) is 4.89. The van der Waals surface area contributed by atoms with Gasteiger partial charge in [0, 0.05) is 38.9 Å². The van der Waals surface area contributed by atoms with Crippen LogP contribution in [0.2, 0.25) is 0 Å². The highest BCUT2D eigenvalue weighted by Gasteiger charge is 2.16. The molecule has 2 rings (SSSR count). The van der Waals surface area contributed by atoms with E-state index < -0.39 is 0 Å². The number of nitrogens with two attached hydrogens (primary N) is 1. The molecule has 0 amide bonds. The third-order valence-electron chi connectivity index (χ3n) is 2.90. The number of aromatic nitrogens is 1. The number of hydrogen-bond acceptors (Lipinski definition) is 5. The van der Waals surface area contributed by atoms with E-state index in [-0.39, 0.29) is 6.61 Å². The van der Waals surface area contributed by atoms with Gasteiger partial charge in [0.05, 0.1) is 24.2 Å². The van der Waals surface area contributed by atoms with Crippen molar-refractivity contribution in [2.45, 2.75) is 0 Å². The maximum atomic E-state index is 8.86. The van der Waals surface area contributed by atoms with E-state index in [1.807, 2.05) is 12.3 Å². The average Bonchev–Trinajstić information content (AvgIpc) is 2.30. The molecule has 0 unspecified atom stereocenters. The average molecular weight is 222 g/mol. The minimum absolute atomic E-state index is 0.236. The Morgan fingerprint density at radius 3 is 2.62 bits per heavy atom. The zero-order valence-electron chi connectivity index (χ0n) is 9.34. The zero-order valence-corrected chi connectivity index (χ0v) is 9.34. The van der Waals surface area contributed by atoms with Crippen molar-refractivity contribution in [1.82, 2.24) is 9.88 Å². The number of rotatable bonds is 3. The van der Waals surface area contributed by atoms with E-state index >= 15 is 0 Å². The van der Waals surface area contributed by atoms with E-state index in [0.717, 1.165) is 38.4 Å². The molecule has 0 atom stereocenters. The normalized spacial score (nSPS) is 17.7. The lowest BCUT2D eigenvalue weighted by Gasteiger charge is -2.35. The molecule has 1 aromatic heterocycles. The van der Waals surface area contributed by atoms with Crippen molar-refractivity contribution in [3.05, 3.63) is 18.5 Å². The van der Waals surface area contributed by atoms with E-state index in [4.69, 9.17) is 10.8 Å². The van der Waals surface area contributed by atoms with E-state index in [1.54, 1.807) is 6.20 Å². The van der Waals surface area contributed by atoms with Crippen LogP contribution in [0, 0.1) is 0 Å². The van der Waals surface area contributed by atoms with Crippen molar-refractivity contribution < 1.29 is 5.11 Å². The second-order valence-electron chi connectivity index (χ2n) is 4.03. The minimum Gasteiger partial charge on any atom is -0.397 e. The number of pyridine rings is 1. The van der Waals surface area contributed by atoms with Crippen LogP contribution < -0.4 is 10.6 Å². The van der Waals surface area contributed by atoms with Gasteiger partial charge in [-0.2, -0.15) is 0 Å². The fourth-order valence-electron chi connectivity index (χ4n) is 1.99. The lowest BCUT2D eigenvalue weighted by Crippen LogP contribution is -2.47. The van der Waals surface area contributed by atoms with Crippen LogP contribution >= 0.6 is 0 Å². The molecule has 1 aliphatic rings. The van der Waals surface area contributed by atoms with Gasteiger partial charge in [0.25, 0.3) is 0 Å². The number of aliphatic hydroxyl groups is 1. The van der Waals surface area contributed by atoms with Crippen LogP contribution in [0.25, 0.3) is 0 Å². The molecule has 0 aromatic carbocycles. The SMILES string of the molecule is Nc1cncc(N2CCN(CCO)CC2)c1. The van der Waals surface area contributed by atoms with Gasteiger partial charge in [-0.25, -0.2) is 0 Å². The van der Waals surface area contributed by atoms with Gasteiger partial charge in [-0.05, 0) is 6.07 Å². The summed E-state index contributed by atoms with van der Waals surface area (Å²) < 4.78 is 0. The Labute approximate surface area is 95.5 Å². The van der Waals surface area contributed by atoms with Crippen LogP contribution in [0.15, 0.2) is 18.5 Å². The summed E-state index contributed by atoms with van der Waals surface area (Å²) >= 11 is 0. The predicted molar refractivity (Wildman–Crippen MR) is 64.4 cm³/mol. The smallest absolute Gasteiger partial charge is 0.0574 e. The molecule has 0 bridgehead atoms. The number of nitrogen functional groups attached to an aromatic ring is 1. The van der Waals surface area contributed by atoms with Crippen molar-refractivity contribution in [3.63, 3.8) is 0 Å². The largest absolute Gasteiger partial charge is 0.397 e. The first kappa shape index (κ1) is 11.2. The molecule has 88 valence electrons. The van der Waals surface area contributed by atoms with Gasteiger partial charge >= 0.3 is 0 Å². The molecule has 0 aliphatic carbocycles. The van der Waals surface area contributed by atoms with Crippen LogP contribution in [-0.2, 0) is 0 Å². The zero-order chi connectivity index (χ0) is 11.4. The van der Waals surface area contributed by atoms with Crippen molar-refractivity contribution in [2.24, 2.45) is 0 Å². The summed E-state index contributed by atoms with van der Waals surface area (Å²) in [5.41, 5.74) is 7.50. The van der Waals surface area contributed by atoms with Gasteiger partial charge in [-0.3, -0.25) is 9.88 Å². The quantitative estimate of drug-likeness (QED) is 0.740. The van der Waals surface area contributed by atoms with E-state index in [0.29, 0.717) is 5.69 Å². The predicted octanol–water partition coefficient (Wildman–Crippen LogP) is -0.222. The van der Waals surface area contributed by atoms with Crippen LogP contribution in [0.3, 0.4) is 0 Å². The lowest BCUT2D eigenvalue weighted by molar-refractivity contribution is 0.189. The van der Waals surface area contributed by atoms with Crippen LogP contribution in [0.1, 0.15) is 0 Å². The third-order valence-corrected chi connectivity index (χ3v) is 2.90. The molecule has 2 heterocycles. The highest BCUT2D eigenvalue weighted by Crippen LogP contribution is 2.17. The molecular formula is C11H18N4O. The first-order valence-corrected chi connectivity index (χ1v) is 5.58. The summed E-state index contributed by atoms with van der Waals surface area (Å²) in [6, 6.07) is 1.95. The third kappa shape index (κ3) is 2.62. The summed E-state index contributed by atoms with van der Waals surface area (Å²) in [6.07, 6.45) is 3.50. The number of β-amino-alcohol motifs (C(OH)–C–C–N with tert-alkyl or cyclic N) is 1. The molecule has 1 aliphatic heterocycles. The molecule has 0 radical (unpaired) electrons. The molecule has 16 heavy (non-hydrogen) atoms. The number of anilines is 2. The monoisotopic (exact) mass is 222 g/mol. The van der Waals surface area contributed by atoms with Crippen molar-refractivity contribution in [3.8, 4) is 0 Å². The molecule has 1 aromatic rings. The Morgan fingerprint density at radius 2 is 2.00 bits per heavy atom. The van der Waals surface area contributed by atoms with Crippen molar-refractivity contribution >= 4 is 11.4 Å². The van der Waals surface area contributed by atoms with Crippen LogP contribution in [0.5, 0.6) is 0 Å². The van der Waals surface area contributed by atoms with E-state index in [9.17, 15) is 0 Å². The van der Waals surface area contributed by atoms with Gasteiger partial charge in [0.2, 0.25) is 0 Å². The first-order valence-electron chi connectivity index (χ1n) is 5.58. The molecule has 3 N–H and O–H groups in total. The molecule has 5 heteroatoms. The Bertz CT molecular complexity index is 337. The van der Waals surface area contributed by atoms with E-state index in [1.165, 1.54) is 0 Å². The maximum Gasteiger partial charge on any atom is 0.0574 e. The molecular weight excluding hydrogens is 204 g/mol.